The number of amides is 3. The highest BCUT2D eigenvalue weighted by molar-refractivity contribution is 6.07. The molecule has 1 aliphatic heterocycles. The molecule has 1 aliphatic rings. The number of hydrogen-bond donors (Lipinski definition) is 1. The Morgan fingerprint density at radius 1 is 1.04 bits per heavy atom. The van der Waals surface area contributed by atoms with Gasteiger partial charge in [-0.1, -0.05) is 72.7 Å². The third-order valence-corrected chi connectivity index (χ3v) is 4.77. The minimum absolute atomic E-state index is 0.0704. The van der Waals surface area contributed by atoms with Gasteiger partial charge in [-0.15, -0.1) is 0 Å². The van der Waals surface area contributed by atoms with Gasteiger partial charge in [-0.3, -0.25) is 9.69 Å². The van der Waals surface area contributed by atoms with Crippen LogP contribution in [0.4, 0.5) is 4.79 Å². The Bertz CT molecular complexity index is 971. The van der Waals surface area contributed by atoms with E-state index in [2.05, 4.69) is 15.5 Å². The fourth-order valence-electron chi connectivity index (χ4n) is 3.29. The van der Waals surface area contributed by atoms with Crippen LogP contribution in [0.3, 0.4) is 0 Å². The van der Waals surface area contributed by atoms with Gasteiger partial charge in [0.15, 0.2) is 0 Å². The minimum Gasteiger partial charge on any atom is -0.337 e. The molecule has 1 fully saturated rings. The standard InChI is InChI=1S/C20H18N4O3/c1-2-20(15-11-7-4-8-12-15)18(25)24(19(26)22-20)13-16-21-17(23-27-16)14-9-5-3-6-10-14/h3-12H,2,13H2,1H3,(H,22,26). The minimum atomic E-state index is -1.07. The molecule has 3 aromatic rings. The average Bonchev–Trinajstić information content (AvgIpc) is 3.28. The van der Waals surface area contributed by atoms with Crippen molar-refractivity contribution in [1.29, 1.82) is 0 Å². The van der Waals surface area contributed by atoms with Crippen LogP contribution in [0.5, 0.6) is 0 Å². The molecule has 1 saturated heterocycles. The number of nitrogens with zero attached hydrogens (tertiary/aromatic N) is 3. The van der Waals surface area contributed by atoms with Gasteiger partial charge in [-0.05, 0) is 12.0 Å². The van der Waals surface area contributed by atoms with Gasteiger partial charge in [0.05, 0.1) is 0 Å². The predicted molar refractivity (Wildman–Crippen MR) is 97.2 cm³/mol. The van der Waals surface area contributed by atoms with Gasteiger partial charge >= 0.3 is 6.03 Å². The largest absolute Gasteiger partial charge is 0.337 e. The van der Waals surface area contributed by atoms with E-state index < -0.39 is 11.6 Å². The summed E-state index contributed by atoms with van der Waals surface area (Å²) in [4.78, 5) is 31.1. The number of imide groups is 1. The molecule has 136 valence electrons. The molecule has 1 N–H and O–H groups in total. The third-order valence-electron chi connectivity index (χ3n) is 4.77. The lowest BCUT2D eigenvalue weighted by Gasteiger charge is -2.25. The van der Waals surface area contributed by atoms with Gasteiger partial charge in [0, 0.05) is 5.56 Å². The third kappa shape index (κ3) is 2.87. The Morgan fingerprint density at radius 3 is 2.37 bits per heavy atom. The number of hydrogen-bond acceptors (Lipinski definition) is 5. The molecule has 0 saturated carbocycles. The van der Waals surface area contributed by atoms with Crippen molar-refractivity contribution in [2.45, 2.75) is 25.4 Å². The van der Waals surface area contributed by atoms with Gasteiger partial charge in [0.2, 0.25) is 11.7 Å². The molecule has 7 heteroatoms. The highest BCUT2D eigenvalue weighted by Gasteiger charge is 2.51. The molecule has 0 bridgehead atoms. The molecule has 7 nitrogen and oxygen atoms in total. The zero-order valence-electron chi connectivity index (χ0n) is 14.8. The fraction of sp³-hybridized carbons (Fsp3) is 0.200. The SMILES string of the molecule is CCC1(c2ccccc2)NC(=O)N(Cc2nc(-c3ccccc3)no2)C1=O. The van der Waals surface area contributed by atoms with E-state index in [-0.39, 0.29) is 18.3 Å². The van der Waals surface area contributed by atoms with Crippen LogP contribution < -0.4 is 5.32 Å². The van der Waals surface area contributed by atoms with Gasteiger partial charge in [0.25, 0.3) is 5.91 Å². The van der Waals surface area contributed by atoms with Crippen LogP contribution in [-0.4, -0.2) is 27.0 Å². The molecule has 1 aromatic heterocycles. The van der Waals surface area contributed by atoms with Crippen molar-refractivity contribution in [3.05, 3.63) is 72.1 Å². The summed E-state index contributed by atoms with van der Waals surface area (Å²) in [5.74, 6) is 0.306. The average molecular weight is 362 g/mol. The summed E-state index contributed by atoms with van der Waals surface area (Å²) in [6.07, 6.45) is 0.442. The summed E-state index contributed by atoms with van der Waals surface area (Å²) in [6, 6.07) is 18.1. The second-order valence-electron chi connectivity index (χ2n) is 6.32. The molecule has 2 heterocycles. The maximum absolute atomic E-state index is 13.1. The fourth-order valence-corrected chi connectivity index (χ4v) is 3.29. The molecule has 0 aliphatic carbocycles. The first kappa shape index (κ1) is 17.0. The van der Waals surface area contributed by atoms with E-state index in [0.29, 0.717) is 12.2 Å². The summed E-state index contributed by atoms with van der Waals surface area (Å²) in [5, 5.41) is 6.78. The number of rotatable bonds is 5. The first-order chi connectivity index (χ1) is 13.1. The van der Waals surface area contributed by atoms with Crippen molar-refractivity contribution >= 4 is 11.9 Å². The maximum atomic E-state index is 13.1. The molecular formula is C20H18N4O3. The van der Waals surface area contributed by atoms with Crippen LogP contribution in [0.15, 0.2) is 65.2 Å². The zero-order valence-corrected chi connectivity index (χ0v) is 14.8. The summed E-state index contributed by atoms with van der Waals surface area (Å²) in [7, 11) is 0. The Labute approximate surface area is 156 Å². The quantitative estimate of drug-likeness (QED) is 0.705. The van der Waals surface area contributed by atoms with Crippen molar-refractivity contribution in [2.75, 3.05) is 0 Å². The first-order valence-corrected chi connectivity index (χ1v) is 8.71. The second-order valence-corrected chi connectivity index (χ2v) is 6.32. The van der Waals surface area contributed by atoms with Gasteiger partial charge in [-0.2, -0.15) is 4.98 Å². The number of aromatic nitrogens is 2. The molecule has 4 rings (SSSR count). The molecule has 0 spiro atoms. The Hall–Kier alpha value is -3.48. The number of carbonyl (C=O) groups is 2. The van der Waals surface area contributed by atoms with Gasteiger partial charge < -0.3 is 9.84 Å². The molecule has 0 radical (unpaired) electrons. The Morgan fingerprint density at radius 2 is 1.70 bits per heavy atom. The number of nitrogens with one attached hydrogen (secondary N) is 1. The molecule has 27 heavy (non-hydrogen) atoms. The van der Waals surface area contributed by atoms with Crippen LogP contribution in [0, 0.1) is 0 Å². The second kappa shape index (κ2) is 6.68. The lowest BCUT2D eigenvalue weighted by atomic mass is 9.87. The van der Waals surface area contributed by atoms with E-state index in [1.165, 1.54) is 0 Å². The highest BCUT2D eigenvalue weighted by Crippen LogP contribution is 2.33. The van der Waals surface area contributed by atoms with Crippen molar-refractivity contribution in [3.63, 3.8) is 0 Å². The van der Waals surface area contributed by atoms with E-state index in [0.717, 1.165) is 16.0 Å². The molecule has 1 atom stereocenters. The van der Waals surface area contributed by atoms with E-state index in [1.54, 1.807) is 0 Å². The Kier molecular flexibility index (Phi) is 4.19. The normalized spacial score (nSPS) is 19.4. The first-order valence-electron chi connectivity index (χ1n) is 8.71. The molecular weight excluding hydrogens is 344 g/mol. The molecule has 1 unspecified atom stereocenters. The van der Waals surface area contributed by atoms with E-state index in [1.807, 2.05) is 67.6 Å². The number of urea groups is 1. The zero-order chi connectivity index (χ0) is 18.9. The summed E-state index contributed by atoms with van der Waals surface area (Å²) < 4.78 is 5.25. The van der Waals surface area contributed by atoms with Gasteiger partial charge in [-0.25, -0.2) is 4.79 Å². The van der Waals surface area contributed by atoms with Gasteiger partial charge in [0.1, 0.15) is 12.1 Å². The monoisotopic (exact) mass is 362 g/mol. The van der Waals surface area contributed by atoms with E-state index in [4.69, 9.17) is 4.52 Å². The van der Waals surface area contributed by atoms with Crippen LogP contribution in [0.1, 0.15) is 24.8 Å². The number of carbonyl (C=O) groups excluding carboxylic acids is 2. The topological polar surface area (TPSA) is 88.3 Å². The van der Waals surface area contributed by atoms with Crippen molar-refractivity contribution < 1.29 is 14.1 Å². The molecule has 2 aromatic carbocycles. The Balaban J connectivity index is 1.59. The smallest absolute Gasteiger partial charge is 0.325 e. The van der Waals surface area contributed by atoms with E-state index >= 15 is 0 Å². The maximum Gasteiger partial charge on any atom is 0.325 e. The van der Waals surface area contributed by atoms with E-state index in [9.17, 15) is 9.59 Å². The summed E-state index contributed by atoms with van der Waals surface area (Å²) in [6.45, 7) is 1.80. The van der Waals surface area contributed by atoms with Crippen LogP contribution in [-0.2, 0) is 16.9 Å². The highest BCUT2D eigenvalue weighted by atomic mass is 16.5. The van der Waals surface area contributed by atoms with Crippen molar-refractivity contribution in [2.24, 2.45) is 0 Å². The van der Waals surface area contributed by atoms with Crippen molar-refractivity contribution in [3.8, 4) is 11.4 Å². The lowest BCUT2D eigenvalue weighted by molar-refractivity contribution is -0.132. The van der Waals surface area contributed by atoms with Crippen LogP contribution >= 0.6 is 0 Å². The summed E-state index contributed by atoms with van der Waals surface area (Å²) >= 11 is 0. The van der Waals surface area contributed by atoms with Crippen molar-refractivity contribution in [1.82, 2.24) is 20.4 Å². The van der Waals surface area contributed by atoms with Crippen LogP contribution in [0.25, 0.3) is 11.4 Å². The summed E-state index contributed by atoms with van der Waals surface area (Å²) in [5.41, 5.74) is 0.487. The lowest BCUT2D eigenvalue weighted by Crippen LogP contribution is -2.43. The van der Waals surface area contributed by atoms with Crippen LogP contribution in [0.2, 0.25) is 0 Å². The predicted octanol–water partition coefficient (Wildman–Crippen LogP) is 3.09. The molecule has 3 amide bonds. The number of benzene rings is 2.